The molecule has 0 amide bonds. The van der Waals surface area contributed by atoms with E-state index in [1.54, 1.807) is 0 Å². The van der Waals surface area contributed by atoms with E-state index in [4.69, 9.17) is 22.7 Å². The number of ether oxygens (including phenoxy) is 1. The molecule has 2 N–H and O–H groups in total. The van der Waals surface area contributed by atoms with Crippen LogP contribution in [0.3, 0.4) is 0 Å². The lowest BCUT2D eigenvalue weighted by Crippen LogP contribution is -2.30. The molecule has 0 saturated heterocycles. The Balaban J connectivity index is 2.46. The fourth-order valence-electron chi connectivity index (χ4n) is 1.84. The highest BCUT2D eigenvalue weighted by Gasteiger charge is 2.20. The van der Waals surface area contributed by atoms with Crippen LogP contribution in [-0.4, -0.2) is 11.6 Å². The van der Waals surface area contributed by atoms with Crippen LogP contribution in [0.4, 0.5) is 0 Å². The summed E-state index contributed by atoms with van der Waals surface area (Å²) >= 11 is 5.05. The second-order valence-electron chi connectivity index (χ2n) is 5.42. The lowest BCUT2D eigenvalue weighted by atomic mass is 9.88. The Hall–Kier alpha value is -1.09. The van der Waals surface area contributed by atoms with Gasteiger partial charge in [-0.25, -0.2) is 0 Å². The van der Waals surface area contributed by atoms with Crippen molar-refractivity contribution >= 4 is 17.2 Å². The first-order valence-electron chi connectivity index (χ1n) is 6.33. The van der Waals surface area contributed by atoms with Gasteiger partial charge in [0.15, 0.2) is 0 Å². The molecule has 0 unspecified atom stereocenters. The Morgan fingerprint density at radius 3 is 2.33 bits per heavy atom. The van der Waals surface area contributed by atoms with E-state index in [1.165, 1.54) is 11.1 Å². The fraction of sp³-hybridized carbons (Fsp3) is 0.533. The van der Waals surface area contributed by atoms with Gasteiger partial charge in [-0.1, -0.05) is 44.3 Å². The molecule has 0 bridgehead atoms. The predicted molar refractivity (Wildman–Crippen MR) is 81.2 cm³/mol. The van der Waals surface area contributed by atoms with Crippen LogP contribution in [0.15, 0.2) is 18.2 Å². The van der Waals surface area contributed by atoms with E-state index in [1.807, 2.05) is 6.07 Å². The third-order valence-corrected chi connectivity index (χ3v) is 3.82. The first-order chi connectivity index (χ1) is 8.34. The number of para-hydroxylation sites is 1. The zero-order valence-corrected chi connectivity index (χ0v) is 12.6. The molecule has 0 aromatic heterocycles. The van der Waals surface area contributed by atoms with E-state index in [0.717, 1.165) is 18.6 Å². The molecular formula is C15H23NOS. The van der Waals surface area contributed by atoms with Gasteiger partial charge in [-0.05, 0) is 37.8 Å². The van der Waals surface area contributed by atoms with Crippen molar-refractivity contribution in [1.82, 2.24) is 0 Å². The Morgan fingerprint density at radius 2 is 1.83 bits per heavy atom. The van der Waals surface area contributed by atoms with Crippen molar-refractivity contribution in [2.75, 3.05) is 6.61 Å². The molecule has 18 heavy (non-hydrogen) atoms. The molecule has 0 aliphatic heterocycles. The smallest absolute Gasteiger partial charge is 0.125 e. The summed E-state index contributed by atoms with van der Waals surface area (Å²) in [6.07, 6.45) is 1.91. The molecule has 0 aliphatic rings. The summed E-state index contributed by atoms with van der Waals surface area (Å²) < 4.78 is 5.86. The minimum Gasteiger partial charge on any atom is -0.493 e. The molecular weight excluding hydrogens is 242 g/mol. The van der Waals surface area contributed by atoms with Gasteiger partial charge in [0.25, 0.3) is 0 Å². The van der Waals surface area contributed by atoms with Crippen LogP contribution in [-0.2, 0) is 0 Å². The molecule has 100 valence electrons. The average molecular weight is 265 g/mol. The predicted octanol–water partition coefficient (Wildman–Crippen LogP) is 3.77. The van der Waals surface area contributed by atoms with Gasteiger partial charge in [0.1, 0.15) is 5.75 Å². The normalized spacial score (nSPS) is 11.3. The summed E-state index contributed by atoms with van der Waals surface area (Å²) in [5, 5.41) is 0. The van der Waals surface area contributed by atoms with Gasteiger partial charge < -0.3 is 10.5 Å². The molecule has 1 aromatic carbocycles. The van der Waals surface area contributed by atoms with E-state index in [2.05, 4.69) is 39.8 Å². The molecule has 3 heteroatoms. The number of hydrogen-bond donors (Lipinski definition) is 1. The third-order valence-electron chi connectivity index (χ3n) is 3.27. The van der Waals surface area contributed by atoms with Crippen LogP contribution in [0.1, 0.15) is 37.8 Å². The Kier molecular flexibility index (Phi) is 5.15. The van der Waals surface area contributed by atoms with Gasteiger partial charge in [-0.2, -0.15) is 0 Å². The molecule has 0 fully saturated rings. The Bertz CT molecular complexity index is 406. The summed E-state index contributed by atoms with van der Waals surface area (Å²) in [6.45, 7) is 9.00. The minimum absolute atomic E-state index is 0.0839. The summed E-state index contributed by atoms with van der Waals surface area (Å²) in [5.41, 5.74) is 7.99. The second kappa shape index (κ2) is 6.19. The van der Waals surface area contributed by atoms with Gasteiger partial charge in [-0.3, -0.25) is 0 Å². The van der Waals surface area contributed by atoms with Gasteiger partial charge in [0.05, 0.1) is 11.6 Å². The quantitative estimate of drug-likeness (QED) is 0.628. The van der Waals surface area contributed by atoms with Gasteiger partial charge in [-0.15, -0.1) is 0 Å². The van der Waals surface area contributed by atoms with Crippen molar-refractivity contribution in [1.29, 1.82) is 0 Å². The fourth-order valence-corrected chi connectivity index (χ4v) is 1.94. The van der Waals surface area contributed by atoms with Crippen molar-refractivity contribution < 1.29 is 4.74 Å². The number of aryl methyl sites for hydroxylation is 2. The summed E-state index contributed by atoms with van der Waals surface area (Å²) in [5.74, 6) is 1.01. The van der Waals surface area contributed by atoms with E-state index < -0.39 is 0 Å². The molecule has 1 rings (SSSR count). The molecule has 0 atom stereocenters. The van der Waals surface area contributed by atoms with Crippen LogP contribution in [0.25, 0.3) is 0 Å². The lowest BCUT2D eigenvalue weighted by molar-refractivity contribution is 0.284. The molecule has 2 nitrogen and oxygen atoms in total. The van der Waals surface area contributed by atoms with Crippen molar-refractivity contribution in [3.05, 3.63) is 29.3 Å². The third kappa shape index (κ3) is 3.98. The van der Waals surface area contributed by atoms with E-state index in [-0.39, 0.29) is 5.41 Å². The molecule has 0 aliphatic carbocycles. The highest BCUT2D eigenvalue weighted by molar-refractivity contribution is 7.80. The Morgan fingerprint density at radius 1 is 1.28 bits per heavy atom. The van der Waals surface area contributed by atoms with Crippen LogP contribution in [0.2, 0.25) is 0 Å². The first kappa shape index (κ1) is 15.0. The molecule has 0 spiro atoms. The zero-order chi connectivity index (χ0) is 13.8. The zero-order valence-electron chi connectivity index (χ0n) is 11.7. The monoisotopic (exact) mass is 265 g/mol. The minimum atomic E-state index is -0.0839. The lowest BCUT2D eigenvalue weighted by Gasteiger charge is -2.23. The van der Waals surface area contributed by atoms with Crippen molar-refractivity contribution in [2.24, 2.45) is 11.1 Å². The van der Waals surface area contributed by atoms with Crippen LogP contribution in [0, 0.1) is 19.3 Å². The van der Waals surface area contributed by atoms with E-state index in [9.17, 15) is 0 Å². The summed E-state index contributed by atoms with van der Waals surface area (Å²) in [7, 11) is 0. The highest BCUT2D eigenvalue weighted by Crippen LogP contribution is 2.25. The van der Waals surface area contributed by atoms with Gasteiger partial charge in [0, 0.05) is 5.41 Å². The van der Waals surface area contributed by atoms with Crippen molar-refractivity contribution in [3.8, 4) is 5.75 Å². The summed E-state index contributed by atoms with van der Waals surface area (Å²) in [6, 6.07) is 6.19. The van der Waals surface area contributed by atoms with Crippen LogP contribution < -0.4 is 10.5 Å². The number of hydrogen-bond acceptors (Lipinski definition) is 2. The SMILES string of the molecule is Cc1cccc(C)c1OCCCC(C)(C)C(N)=S. The van der Waals surface area contributed by atoms with Gasteiger partial charge >= 0.3 is 0 Å². The first-order valence-corrected chi connectivity index (χ1v) is 6.74. The maximum Gasteiger partial charge on any atom is 0.125 e. The van der Waals surface area contributed by atoms with Crippen LogP contribution >= 0.6 is 12.2 Å². The van der Waals surface area contributed by atoms with E-state index in [0.29, 0.717) is 11.6 Å². The molecule has 0 saturated carbocycles. The maximum absolute atomic E-state index is 5.86. The number of rotatable bonds is 6. The van der Waals surface area contributed by atoms with E-state index >= 15 is 0 Å². The molecule has 0 heterocycles. The standard InChI is InChI=1S/C15H23NOS/c1-11-7-5-8-12(2)13(11)17-10-6-9-15(3,4)14(16)18/h5,7-8H,6,9-10H2,1-4H3,(H2,16,18). The molecule has 1 aromatic rings. The number of benzene rings is 1. The highest BCUT2D eigenvalue weighted by atomic mass is 32.1. The number of thiocarbonyl (C=S) groups is 1. The Labute approximate surface area is 116 Å². The summed E-state index contributed by atoms with van der Waals surface area (Å²) in [4.78, 5) is 0.578. The number of nitrogens with two attached hydrogens (primary N) is 1. The van der Waals surface area contributed by atoms with Gasteiger partial charge in [0.2, 0.25) is 0 Å². The largest absolute Gasteiger partial charge is 0.493 e. The average Bonchev–Trinajstić information content (AvgIpc) is 2.27. The van der Waals surface area contributed by atoms with Crippen molar-refractivity contribution in [3.63, 3.8) is 0 Å². The van der Waals surface area contributed by atoms with Crippen molar-refractivity contribution in [2.45, 2.75) is 40.5 Å². The molecule has 0 radical (unpaired) electrons. The second-order valence-corrected chi connectivity index (χ2v) is 5.86. The topological polar surface area (TPSA) is 35.2 Å². The van der Waals surface area contributed by atoms with Crippen LogP contribution in [0.5, 0.6) is 5.75 Å². The maximum atomic E-state index is 5.86.